The SMILES string of the molecule is CCCCNC(=O)COc1ccccc1C(CC)NC. The van der Waals surface area contributed by atoms with Crippen LogP contribution in [0, 0.1) is 0 Å². The van der Waals surface area contributed by atoms with Gasteiger partial charge in [-0.2, -0.15) is 0 Å². The first-order valence-electron chi connectivity index (χ1n) is 7.38. The maximum absolute atomic E-state index is 11.7. The lowest BCUT2D eigenvalue weighted by molar-refractivity contribution is -0.123. The van der Waals surface area contributed by atoms with Crippen LogP contribution in [-0.4, -0.2) is 26.1 Å². The lowest BCUT2D eigenvalue weighted by atomic mass is 10.0. The third-order valence-electron chi connectivity index (χ3n) is 3.26. The minimum Gasteiger partial charge on any atom is -0.483 e. The Morgan fingerprint density at radius 2 is 2.05 bits per heavy atom. The van der Waals surface area contributed by atoms with Gasteiger partial charge in [-0.3, -0.25) is 4.79 Å². The lowest BCUT2D eigenvalue weighted by Crippen LogP contribution is -2.30. The molecule has 0 spiro atoms. The molecule has 1 aromatic rings. The first-order chi connectivity index (χ1) is 9.72. The van der Waals surface area contributed by atoms with Crippen LogP contribution in [-0.2, 0) is 4.79 Å². The van der Waals surface area contributed by atoms with Crippen molar-refractivity contribution in [2.45, 2.75) is 39.2 Å². The zero-order chi connectivity index (χ0) is 14.8. The Morgan fingerprint density at radius 1 is 1.30 bits per heavy atom. The highest BCUT2D eigenvalue weighted by molar-refractivity contribution is 5.77. The van der Waals surface area contributed by atoms with E-state index >= 15 is 0 Å². The molecule has 0 fully saturated rings. The van der Waals surface area contributed by atoms with Gasteiger partial charge in [-0.25, -0.2) is 0 Å². The molecule has 0 bridgehead atoms. The van der Waals surface area contributed by atoms with Crippen molar-refractivity contribution in [3.63, 3.8) is 0 Å². The molecule has 0 saturated heterocycles. The quantitative estimate of drug-likeness (QED) is 0.683. The van der Waals surface area contributed by atoms with Gasteiger partial charge in [0.15, 0.2) is 6.61 Å². The van der Waals surface area contributed by atoms with Gasteiger partial charge in [0.2, 0.25) is 0 Å². The van der Waals surface area contributed by atoms with E-state index in [2.05, 4.69) is 24.5 Å². The van der Waals surface area contributed by atoms with Crippen molar-refractivity contribution in [2.24, 2.45) is 0 Å². The number of ether oxygens (including phenoxy) is 1. The van der Waals surface area contributed by atoms with Crippen molar-refractivity contribution in [2.75, 3.05) is 20.2 Å². The third-order valence-corrected chi connectivity index (χ3v) is 3.26. The summed E-state index contributed by atoms with van der Waals surface area (Å²) in [5.74, 6) is 0.713. The largest absolute Gasteiger partial charge is 0.483 e. The Balaban J connectivity index is 2.57. The van der Waals surface area contributed by atoms with Crippen molar-refractivity contribution in [1.82, 2.24) is 10.6 Å². The second kappa shape index (κ2) is 9.37. The average molecular weight is 278 g/mol. The number of hydrogen-bond donors (Lipinski definition) is 2. The van der Waals surface area contributed by atoms with E-state index in [0.29, 0.717) is 6.54 Å². The number of carbonyl (C=O) groups is 1. The fraction of sp³-hybridized carbons (Fsp3) is 0.562. The average Bonchev–Trinajstić information content (AvgIpc) is 2.48. The molecule has 0 aliphatic heterocycles. The van der Waals surface area contributed by atoms with Crippen LogP contribution < -0.4 is 15.4 Å². The lowest BCUT2D eigenvalue weighted by Gasteiger charge is -2.18. The second-order valence-electron chi connectivity index (χ2n) is 4.78. The molecule has 20 heavy (non-hydrogen) atoms. The number of carbonyl (C=O) groups excluding carboxylic acids is 1. The highest BCUT2D eigenvalue weighted by Crippen LogP contribution is 2.26. The Kier molecular flexibility index (Phi) is 7.73. The number of benzene rings is 1. The number of hydrogen-bond acceptors (Lipinski definition) is 3. The van der Waals surface area contributed by atoms with Gasteiger partial charge < -0.3 is 15.4 Å². The van der Waals surface area contributed by atoms with E-state index in [1.165, 1.54) is 0 Å². The first kappa shape index (κ1) is 16.5. The monoisotopic (exact) mass is 278 g/mol. The summed E-state index contributed by atoms with van der Waals surface area (Å²) in [4.78, 5) is 11.7. The summed E-state index contributed by atoms with van der Waals surface area (Å²) in [6.07, 6.45) is 3.05. The maximum Gasteiger partial charge on any atom is 0.257 e. The molecule has 1 amide bonds. The van der Waals surface area contributed by atoms with E-state index in [0.717, 1.165) is 30.6 Å². The first-order valence-corrected chi connectivity index (χ1v) is 7.38. The number of unbranched alkanes of at least 4 members (excludes halogenated alkanes) is 1. The fourth-order valence-electron chi connectivity index (χ4n) is 2.08. The molecule has 1 rings (SSSR count). The zero-order valence-corrected chi connectivity index (χ0v) is 12.7. The maximum atomic E-state index is 11.7. The van der Waals surface area contributed by atoms with Gasteiger partial charge in [-0.15, -0.1) is 0 Å². The van der Waals surface area contributed by atoms with Crippen molar-refractivity contribution >= 4 is 5.91 Å². The van der Waals surface area contributed by atoms with Crippen LogP contribution in [0.15, 0.2) is 24.3 Å². The van der Waals surface area contributed by atoms with E-state index in [1.54, 1.807) is 0 Å². The van der Waals surface area contributed by atoms with Gasteiger partial charge in [0.1, 0.15) is 5.75 Å². The molecule has 112 valence electrons. The molecule has 0 aromatic heterocycles. The standard InChI is InChI=1S/C16H26N2O2/c1-4-6-11-18-16(19)12-20-15-10-8-7-9-13(15)14(5-2)17-3/h7-10,14,17H,4-6,11-12H2,1-3H3,(H,18,19). The minimum atomic E-state index is -0.0641. The zero-order valence-electron chi connectivity index (χ0n) is 12.7. The summed E-state index contributed by atoms with van der Waals surface area (Å²) in [7, 11) is 1.93. The fourth-order valence-corrected chi connectivity index (χ4v) is 2.08. The van der Waals surface area contributed by atoms with Crippen LogP contribution in [0.25, 0.3) is 0 Å². The smallest absolute Gasteiger partial charge is 0.257 e. The summed E-state index contributed by atoms with van der Waals surface area (Å²) in [5.41, 5.74) is 1.10. The Labute approximate surface area is 121 Å². The highest BCUT2D eigenvalue weighted by atomic mass is 16.5. The van der Waals surface area contributed by atoms with Crippen molar-refractivity contribution in [1.29, 1.82) is 0 Å². The predicted molar refractivity (Wildman–Crippen MR) is 81.9 cm³/mol. The van der Waals surface area contributed by atoms with Crippen LogP contribution in [0.4, 0.5) is 0 Å². The van der Waals surface area contributed by atoms with Crippen LogP contribution in [0.1, 0.15) is 44.7 Å². The summed E-state index contributed by atoms with van der Waals surface area (Å²) in [6, 6.07) is 8.11. The van der Waals surface area contributed by atoms with Gasteiger partial charge in [0, 0.05) is 18.2 Å². The molecule has 0 heterocycles. The van der Waals surface area contributed by atoms with Crippen molar-refractivity contribution in [3.05, 3.63) is 29.8 Å². The predicted octanol–water partition coefficient (Wildman–Crippen LogP) is 2.65. The summed E-state index contributed by atoms with van der Waals surface area (Å²) >= 11 is 0. The van der Waals surface area contributed by atoms with E-state index in [-0.39, 0.29) is 18.6 Å². The molecule has 0 saturated carbocycles. The van der Waals surface area contributed by atoms with E-state index < -0.39 is 0 Å². The molecular formula is C16H26N2O2. The Morgan fingerprint density at radius 3 is 2.70 bits per heavy atom. The van der Waals surface area contributed by atoms with Gasteiger partial charge in [-0.05, 0) is 26.0 Å². The van der Waals surface area contributed by atoms with E-state index in [9.17, 15) is 4.79 Å². The summed E-state index contributed by atoms with van der Waals surface area (Å²) in [6.45, 7) is 5.01. The summed E-state index contributed by atoms with van der Waals surface area (Å²) < 4.78 is 5.66. The molecule has 1 atom stereocenters. The van der Waals surface area contributed by atoms with Crippen molar-refractivity contribution < 1.29 is 9.53 Å². The second-order valence-corrected chi connectivity index (χ2v) is 4.78. The van der Waals surface area contributed by atoms with Crippen LogP contribution in [0.3, 0.4) is 0 Å². The molecule has 0 aliphatic rings. The Hall–Kier alpha value is -1.55. The molecule has 1 aromatic carbocycles. The number of amides is 1. The molecule has 0 radical (unpaired) electrons. The van der Waals surface area contributed by atoms with Gasteiger partial charge in [-0.1, -0.05) is 38.5 Å². The van der Waals surface area contributed by atoms with Gasteiger partial charge in [0.05, 0.1) is 0 Å². The molecule has 4 nitrogen and oxygen atoms in total. The number of nitrogens with one attached hydrogen (secondary N) is 2. The molecule has 4 heteroatoms. The van der Waals surface area contributed by atoms with Crippen LogP contribution >= 0.6 is 0 Å². The van der Waals surface area contributed by atoms with Crippen LogP contribution in [0.5, 0.6) is 5.75 Å². The van der Waals surface area contributed by atoms with E-state index in [1.807, 2.05) is 31.3 Å². The van der Waals surface area contributed by atoms with Gasteiger partial charge >= 0.3 is 0 Å². The molecular weight excluding hydrogens is 252 g/mol. The minimum absolute atomic E-state index is 0.0641. The normalized spacial score (nSPS) is 11.9. The molecule has 0 aliphatic carbocycles. The molecule has 1 unspecified atom stereocenters. The summed E-state index contributed by atoms with van der Waals surface area (Å²) in [5, 5.41) is 6.11. The third kappa shape index (κ3) is 5.21. The van der Waals surface area contributed by atoms with Gasteiger partial charge in [0.25, 0.3) is 5.91 Å². The van der Waals surface area contributed by atoms with Crippen LogP contribution in [0.2, 0.25) is 0 Å². The number of para-hydroxylation sites is 1. The molecule has 2 N–H and O–H groups in total. The highest BCUT2D eigenvalue weighted by Gasteiger charge is 2.13. The van der Waals surface area contributed by atoms with Crippen molar-refractivity contribution in [3.8, 4) is 5.75 Å². The topological polar surface area (TPSA) is 50.4 Å². The Bertz CT molecular complexity index is 403. The number of rotatable bonds is 9. The van der Waals surface area contributed by atoms with E-state index in [4.69, 9.17) is 4.74 Å².